The minimum atomic E-state index is -1.01. The van der Waals surface area contributed by atoms with E-state index in [2.05, 4.69) is 13.0 Å². The Labute approximate surface area is 189 Å². The van der Waals surface area contributed by atoms with Crippen molar-refractivity contribution in [3.05, 3.63) is 88.5 Å². The second-order valence-electron chi connectivity index (χ2n) is 8.41. The van der Waals surface area contributed by atoms with Gasteiger partial charge in [0.15, 0.2) is 5.60 Å². The quantitative estimate of drug-likeness (QED) is 0.307. The molecule has 2 aliphatic heterocycles. The molecular weight excluding hydrogens is 400 g/mol. The van der Waals surface area contributed by atoms with Gasteiger partial charge in [-0.15, -0.1) is 0 Å². The van der Waals surface area contributed by atoms with Crippen LogP contribution in [0.15, 0.2) is 60.7 Å². The van der Waals surface area contributed by atoms with Gasteiger partial charge in [0, 0.05) is 22.8 Å². The first-order valence-corrected chi connectivity index (χ1v) is 11.6. The number of fused-ring (bicyclic) bond motifs is 6. The highest BCUT2D eigenvalue weighted by Gasteiger charge is 2.53. The monoisotopic (exact) mass is 428 g/mol. The van der Waals surface area contributed by atoms with Crippen molar-refractivity contribution in [2.24, 2.45) is 0 Å². The molecule has 164 valence electrons. The van der Waals surface area contributed by atoms with Crippen LogP contribution in [-0.2, 0) is 16.8 Å². The summed E-state index contributed by atoms with van der Waals surface area (Å²) in [4.78, 5) is 13.0. The van der Waals surface area contributed by atoms with Crippen molar-refractivity contribution in [3.8, 4) is 17.2 Å². The van der Waals surface area contributed by atoms with Crippen molar-refractivity contribution < 1.29 is 19.0 Å². The fourth-order valence-corrected chi connectivity index (χ4v) is 4.92. The maximum absolute atomic E-state index is 13.0. The average Bonchev–Trinajstić information content (AvgIpc) is 3.11. The molecule has 0 bridgehead atoms. The zero-order chi connectivity index (χ0) is 22.1. The van der Waals surface area contributed by atoms with Crippen molar-refractivity contribution in [1.29, 1.82) is 0 Å². The van der Waals surface area contributed by atoms with E-state index >= 15 is 0 Å². The minimum Gasteiger partial charge on any atom is -0.493 e. The third kappa shape index (κ3) is 3.17. The lowest BCUT2D eigenvalue weighted by atomic mass is 9.77. The average molecular weight is 429 g/mol. The number of unbranched alkanes of at least 4 members (excludes halogenated alkanes) is 3. The lowest BCUT2D eigenvalue weighted by Gasteiger charge is -2.37. The topological polar surface area (TPSA) is 44.8 Å². The van der Waals surface area contributed by atoms with Crippen LogP contribution >= 0.6 is 0 Å². The molecule has 0 aliphatic carbocycles. The SMILES string of the molecule is CCCCCCc1cc2c(cc1OCC)Oc1ccccc1C21OC(=O)c2ccccc21. The molecule has 0 saturated carbocycles. The highest BCUT2D eigenvalue weighted by molar-refractivity contribution is 5.97. The Kier molecular flexibility index (Phi) is 5.38. The summed E-state index contributed by atoms with van der Waals surface area (Å²) in [5, 5.41) is 0. The molecule has 4 heteroatoms. The minimum absolute atomic E-state index is 0.304. The number of rotatable bonds is 7. The third-order valence-electron chi connectivity index (χ3n) is 6.40. The molecule has 1 atom stereocenters. The van der Waals surface area contributed by atoms with Crippen LogP contribution in [0.4, 0.5) is 0 Å². The molecule has 1 unspecified atom stereocenters. The molecule has 0 amide bonds. The molecule has 0 fully saturated rings. The second kappa shape index (κ2) is 8.34. The van der Waals surface area contributed by atoms with Crippen LogP contribution in [0.1, 0.15) is 72.1 Å². The standard InChI is InChI=1S/C28H28O4/c1-3-5-6-7-12-19-17-23-26(18-25(19)30-4-2)31-24-16-11-10-15-22(24)28(23)21-14-9-8-13-20(21)27(29)32-28/h8-11,13-18H,3-7,12H2,1-2H3. The highest BCUT2D eigenvalue weighted by atomic mass is 16.6. The zero-order valence-corrected chi connectivity index (χ0v) is 18.6. The molecule has 0 saturated heterocycles. The first kappa shape index (κ1) is 20.6. The predicted molar refractivity (Wildman–Crippen MR) is 124 cm³/mol. The molecule has 32 heavy (non-hydrogen) atoms. The summed E-state index contributed by atoms with van der Waals surface area (Å²) in [5.41, 5.74) is 3.30. The molecule has 0 radical (unpaired) electrons. The summed E-state index contributed by atoms with van der Waals surface area (Å²) < 4.78 is 18.6. The van der Waals surface area contributed by atoms with Gasteiger partial charge >= 0.3 is 5.97 Å². The Morgan fingerprint density at radius 1 is 0.844 bits per heavy atom. The van der Waals surface area contributed by atoms with E-state index in [1.54, 1.807) is 0 Å². The van der Waals surface area contributed by atoms with Gasteiger partial charge in [0.25, 0.3) is 0 Å². The zero-order valence-electron chi connectivity index (χ0n) is 18.6. The molecule has 3 aromatic rings. The highest BCUT2D eigenvalue weighted by Crippen LogP contribution is 2.56. The summed E-state index contributed by atoms with van der Waals surface area (Å²) in [7, 11) is 0. The van der Waals surface area contributed by atoms with Gasteiger partial charge in [-0.2, -0.15) is 0 Å². The Morgan fingerprint density at radius 3 is 2.44 bits per heavy atom. The van der Waals surface area contributed by atoms with Gasteiger partial charge in [-0.1, -0.05) is 62.6 Å². The van der Waals surface area contributed by atoms with E-state index in [1.807, 2.05) is 61.5 Å². The van der Waals surface area contributed by atoms with E-state index in [0.29, 0.717) is 23.7 Å². The summed E-state index contributed by atoms with van der Waals surface area (Å²) in [5.74, 6) is 1.91. The van der Waals surface area contributed by atoms with Gasteiger partial charge in [-0.05, 0) is 43.5 Å². The Balaban J connectivity index is 1.71. The summed E-state index contributed by atoms with van der Waals surface area (Å²) in [6, 6.07) is 19.6. The predicted octanol–water partition coefficient (Wildman–Crippen LogP) is 6.78. The fraction of sp³-hybridized carbons (Fsp3) is 0.321. The Hall–Kier alpha value is -3.27. The van der Waals surface area contributed by atoms with Crippen LogP contribution < -0.4 is 9.47 Å². The smallest absolute Gasteiger partial charge is 0.340 e. The van der Waals surface area contributed by atoms with Crippen LogP contribution in [0.25, 0.3) is 0 Å². The first-order chi connectivity index (χ1) is 15.7. The number of esters is 1. The Bertz CT molecular complexity index is 1170. The number of hydrogen-bond donors (Lipinski definition) is 0. The van der Waals surface area contributed by atoms with Crippen LogP contribution in [0.5, 0.6) is 17.2 Å². The van der Waals surface area contributed by atoms with Gasteiger partial charge in [0.1, 0.15) is 17.2 Å². The summed E-state index contributed by atoms with van der Waals surface area (Å²) in [6.07, 6.45) is 5.61. The molecule has 4 nitrogen and oxygen atoms in total. The maximum atomic E-state index is 13.0. The molecule has 2 aliphatic rings. The van der Waals surface area contributed by atoms with Gasteiger partial charge in [0.2, 0.25) is 0 Å². The first-order valence-electron chi connectivity index (χ1n) is 11.6. The van der Waals surface area contributed by atoms with E-state index < -0.39 is 5.60 Å². The van der Waals surface area contributed by atoms with Gasteiger partial charge in [-0.3, -0.25) is 0 Å². The summed E-state index contributed by atoms with van der Waals surface area (Å²) >= 11 is 0. The lowest BCUT2D eigenvalue weighted by molar-refractivity contribution is 0.0224. The van der Waals surface area contributed by atoms with E-state index in [4.69, 9.17) is 14.2 Å². The fourth-order valence-electron chi connectivity index (χ4n) is 4.92. The van der Waals surface area contributed by atoms with E-state index in [1.165, 1.54) is 19.3 Å². The number of aryl methyl sites for hydroxylation is 1. The maximum Gasteiger partial charge on any atom is 0.340 e. The van der Waals surface area contributed by atoms with E-state index in [9.17, 15) is 4.79 Å². The van der Waals surface area contributed by atoms with Crippen molar-refractivity contribution in [2.75, 3.05) is 6.61 Å². The molecule has 5 rings (SSSR count). The van der Waals surface area contributed by atoms with Crippen molar-refractivity contribution in [3.63, 3.8) is 0 Å². The third-order valence-corrected chi connectivity index (χ3v) is 6.40. The van der Waals surface area contributed by atoms with Crippen LogP contribution in [0.3, 0.4) is 0 Å². The second-order valence-corrected chi connectivity index (χ2v) is 8.41. The van der Waals surface area contributed by atoms with Crippen LogP contribution in [0.2, 0.25) is 0 Å². The summed E-state index contributed by atoms with van der Waals surface area (Å²) in [6.45, 7) is 4.79. The number of para-hydroxylation sites is 1. The number of ether oxygens (including phenoxy) is 3. The van der Waals surface area contributed by atoms with Crippen molar-refractivity contribution in [2.45, 2.75) is 51.6 Å². The normalized spacial score (nSPS) is 17.9. The Morgan fingerprint density at radius 2 is 1.62 bits per heavy atom. The number of benzene rings is 3. The number of hydrogen-bond acceptors (Lipinski definition) is 4. The molecule has 1 spiro atoms. The van der Waals surface area contributed by atoms with Crippen molar-refractivity contribution >= 4 is 5.97 Å². The molecular formula is C28H28O4. The lowest BCUT2D eigenvalue weighted by Crippen LogP contribution is -2.33. The van der Waals surface area contributed by atoms with Crippen LogP contribution in [-0.4, -0.2) is 12.6 Å². The number of carbonyl (C=O) groups excluding carboxylic acids is 1. The van der Waals surface area contributed by atoms with Crippen LogP contribution in [0, 0.1) is 0 Å². The van der Waals surface area contributed by atoms with Gasteiger partial charge in [-0.25, -0.2) is 4.79 Å². The molecule has 0 N–H and O–H groups in total. The van der Waals surface area contributed by atoms with Gasteiger partial charge in [0.05, 0.1) is 12.2 Å². The van der Waals surface area contributed by atoms with Gasteiger partial charge < -0.3 is 14.2 Å². The molecule has 3 aromatic carbocycles. The number of carbonyl (C=O) groups is 1. The van der Waals surface area contributed by atoms with Crippen molar-refractivity contribution in [1.82, 2.24) is 0 Å². The van der Waals surface area contributed by atoms with E-state index in [-0.39, 0.29) is 5.97 Å². The van der Waals surface area contributed by atoms with E-state index in [0.717, 1.165) is 40.8 Å². The molecule has 0 aromatic heterocycles. The largest absolute Gasteiger partial charge is 0.493 e. The molecule has 2 heterocycles.